The molecule has 5 rings (SSSR count). The van der Waals surface area contributed by atoms with Crippen LogP contribution in [-0.4, -0.2) is 36.8 Å². The van der Waals surface area contributed by atoms with Crippen LogP contribution in [-0.2, 0) is 0 Å². The third-order valence-electron chi connectivity index (χ3n) is 6.27. The Kier molecular flexibility index (Phi) is 7.23. The number of aliphatic imine (C=N–C) groups is 1. The topological polar surface area (TPSA) is 192 Å². The van der Waals surface area contributed by atoms with Crippen LogP contribution in [0.25, 0.3) is 0 Å². The lowest BCUT2D eigenvalue weighted by Gasteiger charge is -2.50. The predicted molar refractivity (Wildman–Crippen MR) is 171 cm³/mol. The lowest BCUT2D eigenvalue weighted by atomic mass is 10.2. The number of guanidine groups is 1. The van der Waals surface area contributed by atoms with Crippen LogP contribution >= 0.6 is 0 Å². The van der Waals surface area contributed by atoms with E-state index in [4.69, 9.17) is 27.9 Å². The molecule has 0 amide bonds. The lowest BCUT2D eigenvalue weighted by Crippen LogP contribution is -2.81. The molecule has 0 spiro atoms. The maximum Gasteiger partial charge on any atom is 0.274 e. The van der Waals surface area contributed by atoms with Gasteiger partial charge < -0.3 is 54.4 Å². The van der Waals surface area contributed by atoms with Crippen molar-refractivity contribution >= 4 is 51.5 Å². The summed E-state index contributed by atoms with van der Waals surface area (Å²) in [6.07, 6.45) is 0. The minimum atomic E-state index is -1.33. The van der Waals surface area contributed by atoms with Crippen LogP contribution in [0, 0.1) is 0 Å². The summed E-state index contributed by atoms with van der Waals surface area (Å²) < 4.78 is 0. The summed E-state index contributed by atoms with van der Waals surface area (Å²) in [5.41, 5.74) is 29.8. The molecule has 212 valence electrons. The second-order valence-electron chi connectivity index (χ2n) is 10.0. The second-order valence-corrected chi connectivity index (χ2v) is 10.0. The zero-order valence-electron chi connectivity index (χ0n) is 22.9. The first-order valence-electron chi connectivity index (χ1n) is 13.0. The van der Waals surface area contributed by atoms with Gasteiger partial charge in [0.25, 0.3) is 11.8 Å². The summed E-state index contributed by atoms with van der Waals surface area (Å²) in [4.78, 5) is 6.94. The van der Waals surface area contributed by atoms with Crippen molar-refractivity contribution in [1.29, 1.82) is 0 Å². The van der Waals surface area contributed by atoms with E-state index in [1.807, 2.05) is 116 Å². The third kappa shape index (κ3) is 6.57. The molecule has 0 aliphatic carbocycles. The average molecular weight is 553 g/mol. The van der Waals surface area contributed by atoms with E-state index in [2.05, 4.69) is 31.9 Å². The molecule has 4 aromatic rings. The second kappa shape index (κ2) is 10.9. The minimum absolute atomic E-state index is 0.544. The third-order valence-corrected chi connectivity index (χ3v) is 6.27. The molecule has 0 aromatic heterocycles. The van der Waals surface area contributed by atoms with E-state index in [1.165, 1.54) is 0 Å². The van der Waals surface area contributed by atoms with Gasteiger partial charge in [0.2, 0.25) is 5.96 Å². The molecule has 0 fully saturated rings. The highest BCUT2D eigenvalue weighted by Crippen LogP contribution is 2.28. The van der Waals surface area contributed by atoms with Gasteiger partial charge in [-0.05, 0) is 84.9 Å². The standard InChI is InChI=1S/C29H36N12/c1-41(2)27-38-28(34-23-13-9-19(30)10-14-23,36-25-7-3-5-21(32)17-25)40-29(39-27,35-24-15-11-20(31)12-16-24)37-26-8-4-6-22(33)18-26/h3-18,34-37,40H,30-33H2,1-2H3,(H,38,39). The van der Waals surface area contributed by atoms with Crippen molar-refractivity contribution in [1.82, 2.24) is 15.5 Å². The first kappa shape index (κ1) is 27.1. The molecule has 4 aromatic carbocycles. The molecule has 41 heavy (non-hydrogen) atoms. The van der Waals surface area contributed by atoms with E-state index in [0.717, 1.165) is 22.7 Å². The molecule has 0 saturated heterocycles. The van der Waals surface area contributed by atoms with Crippen molar-refractivity contribution < 1.29 is 0 Å². The first-order valence-corrected chi connectivity index (χ1v) is 13.0. The fraction of sp³-hybridized carbons (Fsp3) is 0.138. The number of nitrogens with two attached hydrogens (primary N) is 4. The monoisotopic (exact) mass is 552 g/mol. The SMILES string of the molecule is CN(C)C1=NC(Nc2ccc(N)cc2)(Nc2cccc(N)c2)NC(Nc2ccc(N)cc2)(Nc2cccc(N)c2)N1. The predicted octanol–water partition coefficient (Wildman–Crippen LogP) is 3.10. The molecule has 1 heterocycles. The fourth-order valence-corrected chi connectivity index (χ4v) is 4.42. The maximum atomic E-state index is 6.14. The van der Waals surface area contributed by atoms with E-state index in [-0.39, 0.29) is 0 Å². The molecule has 0 radical (unpaired) electrons. The van der Waals surface area contributed by atoms with Crippen LogP contribution in [0.1, 0.15) is 0 Å². The van der Waals surface area contributed by atoms with E-state index in [9.17, 15) is 0 Å². The van der Waals surface area contributed by atoms with Gasteiger partial charge in [-0.15, -0.1) is 0 Å². The van der Waals surface area contributed by atoms with E-state index >= 15 is 0 Å². The van der Waals surface area contributed by atoms with Crippen LogP contribution in [0.15, 0.2) is 102 Å². The van der Waals surface area contributed by atoms with Crippen molar-refractivity contribution in [2.24, 2.45) is 4.99 Å². The Morgan fingerprint density at radius 2 is 1.05 bits per heavy atom. The van der Waals surface area contributed by atoms with E-state index in [0.29, 0.717) is 28.7 Å². The number of nitrogens with zero attached hydrogens (tertiary/aromatic N) is 2. The quantitative estimate of drug-likeness (QED) is 0.114. The number of nitrogen functional groups attached to an aromatic ring is 4. The Labute approximate surface area is 239 Å². The molecule has 2 unspecified atom stereocenters. The lowest BCUT2D eigenvalue weighted by molar-refractivity contribution is 0.253. The van der Waals surface area contributed by atoms with Gasteiger partial charge in [0.05, 0.1) is 0 Å². The molecule has 14 N–H and O–H groups in total. The molecule has 12 heteroatoms. The van der Waals surface area contributed by atoms with E-state index in [1.54, 1.807) is 0 Å². The number of benzene rings is 4. The van der Waals surface area contributed by atoms with Crippen molar-refractivity contribution in [2.45, 2.75) is 11.8 Å². The number of anilines is 8. The Morgan fingerprint density at radius 3 is 1.56 bits per heavy atom. The molecular weight excluding hydrogens is 516 g/mol. The van der Waals surface area contributed by atoms with Gasteiger partial charge in [-0.2, -0.15) is 10.3 Å². The van der Waals surface area contributed by atoms with Gasteiger partial charge in [0.15, 0.2) is 0 Å². The molecule has 2 atom stereocenters. The van der Waals surface area contributed by atoms with Crippen molar-refractivity contribution in [3.63, 3.8) is 0 Å². The fourth-order valence-electron chi connectivity index (χ4n) is 4.42. The van der Waals surface area contributed by atoms with Crippen molar-refractivity contribution in [2.75, 3.05) is 58.3 Å². The Morgan fingerprint density at radius 1 is 0.585 bits per heavy atom. The highest BCUT2D eigenvalue weighted by Gasteiger charge is 2.47. The smallest absolute Gasteiger partial charge is 0.274 e. The van der Waals surface area contributed by atoms with Crippen LogP contribution in [0.5, 0.6) is 0 Å². The molecule has 0 saturated carbocycles. The molecule has 1 aliphatic rings. The minimum Gasteiger partial charge on any atom is -0.399 e. The Hall–Kier alpha value is -5.49. The number of hydrogen-bond acceptors (Lipinski definition) is 12. The van der Waals surface area contributed by atoms with Crippen molar-refractivity contribution in [3.05, 3.63) is 97.1 Å². The summed E-state index contributed by atoms with van der Waals surface area (Å²) in [6, 6.07) is 29.8. The van der Waals surface area contributed by atoms with Gasteiger partial charge in [-0.3, -0.25) is 0 Å². The Balaban J connectivity index is 1.65. The normalized spacial score (nSPS) is 19.8. The van der Waals surface area contributed by atoms with Crippen LogP contribution in [0.3, 0.4) is 0 Å². The molecular formula is C29H36N12. The van der Waals surface area contributed by atoms with Gasteiger partial charge >= 0.3 is 0 Å². The number of rotatable bonds is 8. The number of hydrogen-bond donors (Lipinski definition) is 10. The van der Waals surface area contributed by atoms with Gasteiger partial charge in [0, 0.05) is 59.6 Å². The number of nitrogens with one attached hydrogen (secondary N) is 6. The zero-order valence-corrected chi connectivity index (χ0v) is 22.9. The van der Waals surface area contributed by atoms with Gasteiger partial charge in [-0.1, -0.05) is 12.1 Å². The van der Waals surface area contributed by atoms with Crippen molar-refractivity contribution in [3.8, 4) is 0 Å². The maximum absolute atomic E-state index is 6.14. The first-order chi connectivity index (χ1) is 19.6. The summed E-state index contributed by atoms with van der Waals surface area (Å²) in [5, 5.41) is 21.3. The molecule has 12 nitrogen and oxygen atoms in total. The summed E-state index contributed by atoms with van der Waals surface area (Å²) in [5.74, 6) is -2.02. The average Bonchev–Trinajstić information content (AvgIpc) is 2.91. The van der Waals surface area contributed by atoms with Crippen LogP contribution in [0.2, 0.25) is 0 Å². The molecule has 1 aliphatic heterocycles. The largest absolute Gasteiger partial charge is 0.399 e. The highest BCUT2D eigenvalue weighted by molar-refractivity contribution is 5.83. The zero-order chi connectivity index (χ0) is 29.0. The summed E-state index contributed by atoms with van der Waals surface area (Å²) in [7, 11) is 3.81. The highest BCUT2D eigenvalue weighted by atomic mass is 15.7. The summed E-state index contributed by atoms with van der Waals surface area (Å²) in [6.45, 7) is 0. The van der Waals surface area contributed by atoms with Gasteiger partial charge in [-0.25, -0.2) is 0 Å². The van der Waals surface area contributed by atoms with E-state index < -0.39 is 11.8 Å². The van der Waals surface area contributed by atoms with Crippen LogP contribution in [0.4, 0.5) is 45.5 Å². The van der Waals surface area contributed by atoms with Gasteiger partial charge in [0.1, 0.15) is 0 Å². The Bertz CT molecular complexity index is 1520. The van der Waals surface area contributed by atoms with Crippen LogP contribution < -0.4 is 54.8 Å². The summed E-state index contributed by atoms with van der Waals surface area (Å²) >= 11 is 0. The molecule has 0 bridgehead atoms.